The van der Waals surface area contributed by atoms with Crippen molar-refractivity contribution in [1.29, 1.82) is 0 Å². The van der Waals surface area contributed by atoms with E-state index < -0.39 is 12.0 Å². The molecule has 1 N–H and O–H groups in total. The number of para-hydroxylation sites is 2. The van der Waals surface area contributed by atoms with Crippen LogP contribution >= 0.6 is 0 Å². The van der Waals surface area contributed by atoms with Gasteiger partial charge in [0.25, 0.3) is 0 Å². The smallest absolute Gasteiger partial charge is 0.321 e. The quantitative estimate of drug-likeness (QED) is 0.876. The molecule has 0 saturated carbocycles. The van der Waals surface area contributed by atoms with Crippen molar-refractivity contribution < 1.29 is 14.6 Å². The lowest BCUT2D eigenvalue weighted by Crippen LogP contribution is -2.52. The van der Waals surface area contributed by atoms with E-state index in [0.29, 0.717) is 12.2 Å². The van der Waals surface area contributed by atoms with Crippen molar-refractivity contribution >= 4 is 5.97 Å². The number of carboxylic acids is 1. The lowest BCUT2D eigenvalue weighted by Gasteiger charge is -2.36. The molecule has 1 aliphatic heterocycles. The number of hydrogen-bond donors (Lipinski definition) is 1. The van der Waals surface area contributed by atoms with Crippen LogP contribution in [0, 0.1) is 0 Å². The molecule has 1 saturated heterocycles. The fourth-order valence-electron chi connectivity index (χ4n) is 3.10. The van der Waals surface area contributed by atoms with Gasteiger partial charge in [0.15, 0.2) is 0 Å². The summed E-state index contributed by atoms with van der Waals surface area (Å²) in [6, 6.07) is 16.7. The Balaban J connectivity index is 1.77. The molecule has 0 spiro atoms. The van der Waals surface area contributed by atoms with Gasteiger partial charge in [0, 0.05) is 32.6 Å². The number of nitrogens with zero attached hydrogens (tertiary/aromatic N) is 2. The molecule has 132 valence electrons. The van der Waals surface area contributed by atoms with Crippen molar-refractivity contribution in [3.63, 3.8) is 0 Å². The second kappa shape index (κ2) is 8.14. The zero-order valence-electron chi connectivity index (χ0n) is 14.5. The first-order chi connectivity index (χ1) is 12.1. The van der Waals surface area contributed by atoms with Crippen LogP contribution in [0.15, 0.2) is 54.6 Å². The summed E-state index contributed by atoms with van der Waals surface area (Å²) in [5.74, 6) is 0.689. The molecule has 0 aliphatic carbocycles. The molecule has 2 aromatic carbocycles. The minimum Gasteiger partial charge on any atom is -0.480 e. The molecule has 0 bridgehead atoms. The zero-order chi connectivity index (χ0) is 17.6. The lowest BCUT2D eigenvalue weighted by atomic mass is 10.0. The van der Waals surface area contributed by atoms with Crippen LogP contribution in [-0.4, -0.2) is 60.1 Å². The van der Waals surface area contributed by atoms with Gasteiger partial charge in [-0.2, -0.15) is 0 Å². The molecule has 3 rings (SSSR count). The summed E-state index contributed by atoms with van der Waals surface area (Å²) >= 11 is 0. The molecule has 0 aromatic heterocycles. The van der Waals surface area contributed by atoms with Gasteiger partial charge in [-0.05, 0) is 30.8 Å². The van der Waals surface area contributed by atoms with Gasteiger partial charge in [0.1, 0.15) is 17.5 Å². The molecule has 25 heavy (non-hydrogen) atoms. The predicted molar refractivity (Wildman–Crippen MR) is 97.2 cm³/mol. The standard InChI is InChI=1S/C20H24N2O3/c1-21-11-13-22(14-12-21)18(20(23)24)15-16-7-5-6-10-19(16)25-17-8-3-2-4-9-17/h2-10,18H,11-15H2,1H3,(H,23,24)/t18-/m1/s1. The Hall–Kier alpha value is -2.37. The Bertz CT molecular complexity index is 697. The van der Waals surface area contributed by atoms with Gasteiger partial charge in [0.05, 0.1) is 0 Å². The van der Waals surface area contributed by atoms with Crippen molar-refractivity contribution in [3.05, 3.63) is 60.2 Å². The number of hydrogen-bond acceptors (Lipinski definition) is 4. The Morgan fingerprint density at radius 2 is 1.68 bits per heavy atom. The number of rotatable bonds is 6. The van der Waals surface area contributed by atoms with E-state index in [2.05, 4.69) is 16.8 Å². The maximum absolute atomic E-state index is 11.9. The number of ether oxygens (including phenoxy) is 1. The number of piperazine rings is 1. The van der Waals surface area contributed by atoms with E-state index in [1.165, 1.54) is 0 Å². The Morgan fingerprint density at radius 3 is 2.36 bits per heavy atom. The first-order valence-electron chi connectivity index (χ1n) is 8.59. The molecule has 1 aliphatic rings. The van der Waals surface area contributed by atoms with E-state index >= 15 is 0 Å². The van der Waals surface area contributed by atoms with Gasteiger partial charge in [-0.15, -0.1) is 0 Å². The lowest BCUT2D eigenvalue weighted by molar-refractivity contribution is -0.144. The minimum atomic E-state index is -0.779. The van der Waals surface area contributed by atoms with E-state index in [1.54, 1.807) is 0 Å². The summed E-state index contributed by atoms with van der Waals surface area (Å²) in [6.07, 6.45) is 0.433. The highest BCUT2D eigenvalue weighted by molar-refractivity contribution is 5.74. The fourth-order valence-corrected chi connectivity index (χ4v) is 3.10. The highest BCUT2D eigenvalue weighted by Gasteiger charge is 2.29. The van der Waals surface area contributed by atoms with Gasteiger partial charge >= 0.3 is 5.97 Å². The third kappa shape index (κ3) is 4.59. The molecule has 1 atom stereocenters. The Labute approximate surface area is 148 Å². The molecule has 1 fully saturated rings. The average Bonchev–Trinajstić information content (AvgIpc) is 2.62. The van der Waals surface area contributed by atoms with E-state index in [-0.39, 0.29) is 0 Å². The summed E-state index contributed by atoms with van der Waals surface area (Å²) in [5.41, 5.74) is 0.915. The van der Waals surface area contributed by atoms with E-state index in [4.69, 9.17) is 4.74 Å². The highest BCUT2D eigenvalue weighted by atomic mass is 16.5. The number of aliphatic carboxylic acids is 1. The molecule has 0 radical (unpaired) electrons. The van der Waals surface area contributed by atoms with Crippen molar-refractivity contribution in [2.45, 2.75) is 12.5 Å². The summed E-state index contributed by atoms with van der Waals surface area (Å²) in [7, 11) is 2.07. The van der Waals surface area contributed by atoms with Crippen LogP contribution in [0.3, 0.4) is 0 Å². The van der Waals surface area contributed by atoms with Crippen LogP contribution < -0.4 is 4.74 Å². The summed E-state index contributed by atoms with van der Waals surface area (Å²) in [6.45, 7) is 3.34. The molecule has 0 unspecified atom stereocenters. The Morgan fingerprint density at radius 1 is 1.04 bits per heavy atom. The van der Waals surface area contributed by atoms with Crippen molar-refractivity contribution in [2.75, 3.05) is 33.2 Å². The predicted octanol–water partition coefficient (Wildman–Crippen LogP) is 2.72. The van der Waals surface area contributed by atoms with Crippen LogP contribution in [0.2, 0.25) is 0 Å². The average molecular weight is 340 g/mol. The minimum absolute atomic E-state index is 0.433. The molecular formula is C20H24N2O3. The molecular weight excluding hydrogens is 316 g/mol. The molecule has 5 nitrogen and oxygen atoms in total. The van der Waals surface area contributed by atoms with Gasteiger partial charge in [0.2, 0.25) is 0 Å². The number of carbonyl (C=O) groups is 1. The van der Waals surface area contributed by atoms with E-state index in [1.807, 2.05) is 54.6 Å². The van der Waals surface area contributed by atoms with Crippen LogP contribution in [-0.2, 0) is 11.2 Å². The normalized spacial score (nSPS) is 17.2. The van der Waals surface area contributed by atoms with Crippen LogP contribution in [0.4, 0.5) is 0 Å². The second-order valence-corrected chi connectivity index (χ2v) is 6.42. The fraction of sp³-hybridized carbons (Fsp3) is 0.350. The van der Waals surface area contributed by atoms with Crippen molar-refractivity contribution in [1.82, 2.24) is 9.80 Å². The largest absolute Gasteiger partial charge is 0.480 e. The summed E-state index contributed by atoms with van der Waals surface area (Å²) < 4.78 is 5.97. The van der Waals surface area contributed by atoms with Gasteiger partial charge in [-0.3, -0.25) is 9.69 Å². The van der Waals surface area contributed by atoms with Gasteiger partial charge < -0.3 is 14.7 Å². The number of carboxylic acid groups (broad SMARTS) is 1. The van der Waals surface area contributed by atoms with E-state index in [0.717, 1.165) is 37.5 Å². The van der Waals surface area contributed by atoms with Crippen LogP contribution in [0.1, 0.15) is 5.56 Å². The summed E-state index contributed by atoms with van der Waals surface area (Å²) in [4.78, 5) is 16.1. The second-order valence-electron chi connectivity index (χ2n) is 6.42. The number of benzene rings is 2. The van der Waals surface area contributed by atoms with Crippen LogP contribution in [0.25, 0.3) is 0 Å². The maximum Gasteiger partial charge on any atom is 0.321 e. The topological polar surface area (TPSA) is 53.0 Å². The Kier molecular flexibility index (Phi) is 5.68. The first-order valence-corrected chi connectivity index (χ1v) is 8.59. The van der Waals surface area contributed by atoms with Crippen molar-refractivity contribution in [3.8, 4) is 11.5 Å². The molecule has 2 aromatic rings. The molecule has 5 heteroatoms. The molecule has 1 heterocycles. The SMILES string of the molecule is CN1CCN([C@H](Cc2ccccc2Oc2ccccc2)C(=O)O)CC1. The third-order valence-electron chi connectivity index (χ3n) is 4.62. The first kappa shape index (κ1) is 17.5. The number of likely N-dealkylation sites (N-methyl/N-ethyl adjacent to an activating group) is 1. The third-order valence-corrected chi connectivity index (χ3v) is 4.62. The van der Waals surface area contributed by atoms with Gasteiger partial charge in [-0.1, -0.05) is 36.4 Å². The summed E-state index contributed by atoms with van der Waals surface area (Å²) in [5, 5.41) is 9.74. The maximum atomic E-state index is 11.9. The van der Waals surface area contributed by atoms with Crippen LogP contribution in [0.5, 0.6) is 11.5 Å². The molecule has 0 amide bonds. The van der Waals surface area contributed by atoms with Gasteiger partial charge in [-0.25, -0.2) is 0 Å². The highest BCUT2D eigenvalue weighted by Crippen LogP contribution is 2.27. The monoisotopic (exact) mass is 340 g/mol. The zero-order valence-corrected chi connectivity index (χ0v) is 14.5. The van der Waals surface area contributed by atoms with Crippen molar-refractivity contribution in [2.24, 2.45) is 0 Å². The van der Waals surface area contributed by atoms with E-state index in [9.17, 15) is 9.90 Å².